The van der Waals surface area contributed by atoms with Gasteiger partial charge < -0.3 is 9.84 Å². The molecule has 5 heteroatoms. The van der Waals surface area contributed by atoms with Gasteiger partial charge in [0.05, 0.1) is 0 Å². The first-order valence-corrected chi connectivity index (χ1v) is 8.33. The molecule has 0 aliphatic heterocycles. The number of halogens is 1. The lowest BCUT2D eigenvalue weighted by atomic mass is 9.97. The molecule has 1 aliphatic rings. The minimum absolute atomic E-state index is 0.232. The molecule has 0 unspecified atom stereocenters. The summed E-state index contributed by atoms with van der Waals surface area (Å²) >= 11 is 0. The van der Waals surface area contributed by atoms with Gasteiger partial charge in [-0.3, -0.25) is 4.79 Å². The number of amides is 1. The molecule has 24 heavy (non-hydrogen) atoms. The van der Waals surface area contributed by atoms with E-state index in [1.807, 2.05) is 0 Å². The number of nitrogens with one attached hydrogen (secondary N) is 1. The lowest BCUT2D eigenvalue weighted by Crippen LogP contribution is -2.25. The number of allylic oxidation sites excluding steroid dienone is 1. The van der Waals surface area contributed by atoms with Gasteiger partial charge in [-0.05, 0) is 51.2 Å². The minimum atomic E-state index is -0.372. The number of aryl methyl sites for hydroxylation is 1. The predicted molar refractivity (Wildman–Crippen MR) is 90.1 cm³/mol. The minimum Gasteiger partial charge on any atom is -0.360 e. The van der Waals surface area contributed by atoms with Gasteiger partial charge in [0.1, 0.15) is 22.8 Å². The van der Waals surface area contributed by atoms with Gasteiger partial charge in [0, 0.05) is 12.1 Å². The molecule has 1 aromatic heterocycles. The third-order valence-corrected chi connectivity index (χ3v) is 4.30. The van der Waals surface area contributed by atoms with Gasteiger partial charge in [0.25, 0.3) is 5.91 Å². The number of aromatic nitrogens is 1. The van der Waals surface area contributed by atoms with E-state index in [0.29, 0.717) is 29.1 Å². The van der Waals surface area contributed by atoms with E-state index in [-0.39, 0.29) is 11.7 Å². The highest BCUT2D eigenvalue weighted by Gasteiger charge is 2.21. The molecule has 0 saturated carbocycles. The van der Waals surface area contributed by atoms with Crippen LogP contribution < -0.4 is 5.32 Å². The van der Waals surface area contributed by atoms with Crippen LogP contribution in [0.2, 0.25) is 0 Å². The fourth-order valence-corrected chi connectivity index (χ4v) is 3.03. The fourth-order valence-electron chi connectivity index (χ4n) is 3.03. The Bertz CT molecular complexity index is 764. The van der Waals surface area contributed by atoms with Crippen molar-refractivity contribution in [3.63, 3.8) is 0 Å². The highest BCUT2D eigenvalue weighted by molar-refractivity contribution is 6.00. The molecule has 0 radical (unpaired) electrons. The monoisotopic (exact) mass is 328 g/mol. The predicted octanol–water partition coefficient (Wildman–Crippen LogP) is 4.41. The first kappa shape index (κ1) is 16.4. The van der Waals surface area contributed by atoms with Gasteiger partial charge >= 0.3 is 0 Å². The normalized spacial score (nSPS) is 14.3. The molecule has 2 aromatic rings. The molecule has 0 spiro atoms. The van der Waals surface area contributed by atoms with E-state index in [0.717, 1.165) is 19.3 Å². The van der Waals surface area contributed by atoms with Gasteiger partial charge in [-0.2, -0.15) is 0 Å². The number of rotatable bonds is 5. The molecule has 0 bridgehead atoms. The quantitative estimate of drug-likeness (QED) is 0.827. The molecule has 126 valence electrons. The second-order valence-electron chi connectivity index (χ2n) is 6.09. The maximum atomic E-state index is 13.4. The first-order valence-electron chi connectivity index (χ1n) is 8.33. The highest BCUT2D eigenvalue weighted by Crippen LogP contribution is 2.26. The Morgan fingerprint density at radius 3 is 3.00 bits per heavy atom. The van der Waals surface area contributed by atoms with Crippen LogP contribution in [0.1, 0.15) is 48.2 Å². The number of hydrogen-bond donors (Lipinski definition) is 1. The van der Waals surface area contributed by atoms with Crippen molar-refractivity contribution in [2.24, 2.45) is 0 Å². The van der Waals surface area contributed by atoms with E-state index in [1.165, 1.54) is 30.5 Å². The summed E-state index contributed by atoms with van der Waals surface area (Å²) in [5, 5.41) is 6.86. The standard InChI is InChI=1S/C19H21FN2O2/c1-13-17(18(22-24-13)15-8-5-9-16(20)12-15)19(23)21-11-10-14-6-3-2-4-7-14/h5-6,8-9,12H,2-4,7,10-11H2,1H3,(H,21,23). The second-order valence-corrected chi connectivity index (χ2v) is 6.09. The zero-order chi connectivity index (χ0) is 16.9. The fraction of sp³-hybridized carbons (Fsp3) is 0.368. The molecule has 0 fully saturated rings. The Kier molecular flexibility index (Phi) is 5.08. The maximum Gasteiger partial charge on any atom is 0.257 e. The van der Waals surface area contributed by atoms with Crippen LogP contribution in [-0.4, -0.2) is 17.6 Å². The van der Waals surface area contributed by atoms with Crippen molar-refractivity contribution in [1.82, 2.24) is 10.5 Å². The van der Waals surface area contributed by atoms with Crippen LogP contribution in [0, 0.1) is 12.7 Å². The zero-order valence-corrected chi connectivity index (χ0v) is 13.8. The highest BCUT2D eigenvalue weighted by atomic mass is 19.1. The zero-order valence-electron chi connectivity index (χ0n) is 13.8. The van der Waals surface area contributed by atoms with Crippen LogP contribution in [-0.2, 0) is 0 Å². The molecular weight excluding hydrogens is 307 g/mol. The second kappa shape index (κ2) is 7.43. The molecule has 1 aliphatic carbocycles. The average Bonchev–Trinajstić information content (AvgIpc) is 2.97. The van der Waals surface area contributed by atoms with Crippen LogP contribution in [0.5, 0.6) is 0 Å². The largest absolute Gasteiger partial charge is 0.360 e. The Hall–Kier alpha value is -2.43. The number of carbonyl (C=O) groups is 1. The molecule has 0 saturated heterocycles. The molecule has 3 rings (SSSR count). The molecule has 1 N–H and O–H groups in total. The Morgan fingerprint density at radius 2 is 2.25 bits per heavy atom. The van der Waals surface area contributed by atoms with Gasteiger partial charge in [-0.25, -0.2) is 4.39 Å². The van der Waals surface area contributed by atoms with Crippen LogP contribution in [0.4, 0.5) is 4.39 Å². The van der Waals surface area contributed by atoms with Gasteiger partial charge in [-0.1, -0.05) is 28.9 Å². The van der Waals surface area contributed by atoms with E-state index in [4.69, 9.17) is 4.52 Å². The molecular formula is C19H21FN2O2. The number of benzene rings is 1. The molecule has 4 nitrogen and oxygen atoms in total. The topological polar surface area (TPSA) is 55.1 Å². The summed E-state index contributed by atoms with van der Waals surface area (Å²) in [6.07, 6.45) is 7.89. The smallest absolute Gasteiger partial charge is 0.257 e. The van der Waals surface area contributed by atoms with Crippen LogP contribution in [0.15, 0.2) is 40.4 Å². The number of hydrogen-bond acceptors (Lipinski definition) is 3. The lowest BCUT2D eigenvalue weighted by molar-refractivity contribution is 0.0953. The molecule has 1 aromatic carbocycles. The van der Waals surface area contributed by atoms with Crippen molar-refractivity contribution in [3.8, 4) is 11.3 Å². The number of nitrogens with zero attached hydrogens (tertiary/aromatic N) is 1. The van der Waals surface area contributed by atoms with Crippen molar-refractivity contribution in [3.05, 3.63) is 53.1 Å². The maximum absolute atomic E-state index is 13.4. The van der Waals surface area contributed by atoms with Crippen molar-refractivity contribution < 1.29 is 13.7 Å². The van der Waals surface area contributed by atoms with Crippen LogP contribution >= 0.6 is 0 Å². The average molecular weight is 328 g/mol. The summed E-state index contributed by atoms with van der Waals surface area (Å²) in [6.45, 7) is 2.27. The van der Waals surface area contributed by atoms with E-state index in [2.05, 4.69) is 16.5 Å². The van der Waals surface area contributed by atoms with Gasteiger partial charge in [0.15, 0.2) is 0 Å². The van der Waals surface area contributed by atoms with E-state index in [1.54, 1.807) is 19.1 Å². The van der Waals surface area contributed by atoms with Crippen LogP contribution in [0.3, 0.4) is 0 Å². The molecule has 1 amide bonds. The Morgan fingerprint density at radius 1 is 1.38 bits per heavy atom. The van der Waals surface area contributed by atoms with E-state index >= 15 is 0 Å². The summed E-state index contributed by atoms with van der Waals surface area (Å²) in [4.78, 5) is 12.5. The van der Waals surface area contributed by atoms with Crippen molar-refractivity contribution in [1.29, 1.82) is 0 Å². The van der Waals surface area contributed by atoms with E-state index < -0.39 is 0 Å². The van der Waals surface area contributed by atoms with Crippen LogP contribution in [0.25, 0.3) is 11.3 Å². The third-order valence-electron chi connectivity index (χ3n) is 4.30. The lowest BCUT2D eigenvalue weighted by Gasteiger charge is -2.13. The Balaban J connectivity index is 1.70. The number of carbonyl (C=O) groups excluding carboxylic acids is 1. The molecule has 0 atom stereocenters. The Labute approximate surface area is 140 Å². The first-order chi connectivity index (χ1) is 11.6. The SMILES string of the molecule is Cc1onc(-c2cccc(F)c2)c1C(=O)NCCC1=CCCCC1. The van der Waals surface area contributed by atoms with Crippen molar-refractivity contribution in [2.75, 3.05) is 6.54 Å². The van der Waals surface area contributed by atoms with Crippen molar-refractivity contribution in [2.45, 2.75) is 39.0 Å². The third kappa shape index (κ3) is 3.72. The van der Waals surface area contributed by atoms with E-state index in [9.17, 15) is 9.18 Å². The summed E-state index contributed by atoms with van der Waals surface area (Å²) in [7, 11) is 0. The summed E-state index contributed by atoms with van der Waals surface area (Å²) < 4.78 is 18.6. The van der Waals surface area contributed by atoms with Crippen molar-refractivity contribution >= 4 is 5.91 Å². The summed E-state index contributed by atoms with van der Waals surface area (Å²) in [5.74, 6) is -0.170. The van der Waals surface area contributed by atoms with Gasteiger partial charge in [0.2, 0.25) is 0 Å². The molecule has 1 heterocycles. The summed E-state index contributed by atoms with van der Waals surface area (Å²) in [6, 6.07) is 6.00. The van der Waals surface area contributed by atoms with Gasteiger partial charge in [-0.15, -0.1) is 0 Å². The summed E-state index contributed by atoms with van der Waals surface area (Å²) in [5.41, 5.74) is 2.69.